The van der Waals surface area contributed by atoms with Gasteiger partial charge in [-0.2, -0.15) is 11.8 Å². The molecule has 0 aromatic heterocycles. The largest absolute Gasteiger partial charge is 0.483 e. The molecule has 0 spiro atoms. The molecule has 0 saturated carbocycles. The summed E-state index contributed by atoms with van der Waals surface area (Å²) in [6.45, 7) is 4.30. The van der Waals surface area contributed by atoms with Gasteiger partial charge in [0.1, 0.15) is 17.8 Å². The number of ether oxygens (including phenoxy) is 1. The third-order valence-electron chi connectivity index (χ3n) is 9.06. The number of sulfone groups is 1. The number of rotatable bonds is 18. The number of thioether (sulfide) groups is 2. The minimum absolute atomic E-state index is 0.0105. The van der Waals surface area contributed by atoms with E-state index < -0.39 is 51.7 Å². The van der Waals surface area contributed by atoms with Crippen LogP contribution in [-0.2, 0) is 24.2 Å². The van der Waals surface area contributed by atoms with Crippen LogP contribution in [0.3, 0.4) is 0 Å². The van der Waals surface area contributed by atoms with Crippen molar-refractivity contribution in [1.29, 1.82) is 0 Å². The molecule has 0 bridgehead atoms. The van der Waals surface area contributed by atoms with Gasteiger partial charge in [-0.3, -0.25) is 9.59 Å². The van der Waals surface area contributed by atoms with Crippen LogP contribution in [0.4, 0.5) is 11.4 Å². The summed E-state index contributed by atoms with van der Waals surface area (Å²) >= 11 is 2.66. The van der Waals surface area contributed by atoms with Gasteiger partial charge in [-0.05, 0) is 49.1 Å². The summed E-state index contributed by atoms with van der Waals surface area (Å²) in [5.41, 5.74) is 1.49. The van der Waals surface area contributed by atoms with Crippen LogP contribution in [0.25, 0.3) is 0 Å². The third-order valence-corrected chi connectivity index (χ3v) is 12.5. The fourth-order valence-electron chi connectivity index (χ4n) is 6.47. The summed E-state index contributed by atoms with van der Waals surface area (Å²) in [5, 5.41) is 14.8. The maximum atomic E-state index is 14.4. The second-order valence-corrected chi connectivity index (χ2v) is 16.6. The molecule has 3 N–H and O–H groups in total. The highest BCUT2D eigenvalue weighted by atomic mass is 32.2. The maximum absolute atomic E-state index is 14.4. The van der Waals surface area contributed by atoms with Crippen LogP contribution in [0.15, 0.2) is 82.6 Å². The molecule has 0 radical (unpaired) electrons. The number of aliphatic carboxylic acids is 1. The fraction of sp³-hybridized carbons (Fsp3) is 0.447. The van der Waals surface area contributed by atoms with Gasteiger partial charge in [-0.15, -0.1) is 11.8 Å². The number of fused-ring (bicyclic) bond motifs is 1. The van der Waals surface area contributed by atoms with Crippen LogP contribution in [-0.4, -0.2) is 74.5 Å². The Labute approximate surface area is 310 Å². The highest BCUT2D eigenvalue weighted by Gasteiger charge is 2.42. The van der Waals surface area contributed by atoms with Gasteiger partial charge in [0.25, 0.3) is 5.91 Å². The number of para-hydroxylation sites is 1. The van der Waals surface area contributed by atoms with Crippen molar-refractivity contribution in [3.63, 3.8) is 0 Å². The van der Waals surface area contributed by atoms with Crippen molar-refractivity contribution in [2.24, 2.45) is 5.41 Å². The number of carboxylic acids is 1. The second kappa shape index (κ2) is 18.7. The summed E-state index contributed by atoms with van der Waals surface area (Å²) in [7, 11) is -3.80. The SMILES string of the molecule is CCCCC1(CCCC)CN(c2ccccc2)c2cc(SC)c(OCC(=O)N[C@@H](C(=O)NC(CSC)C(=O)O)c3ccccc3)cc2S(=O)(=O)C1. The van der Waals surface area contributed by atoms with Gasteiger partial charge >= 0.3 is 5.97 Å². The lowest BCUT2D eigenvalue weighted by molar-refractivity contribution is -0.141. The molecule has 0 fully saturated rings. The number of hydrogen-bond acceptors (Lipinski definition) is 9. The molecule has 2 amide bonds. The summed E-state index contributed by atoms with van der Waals surface area (Å²) in [5.74, 6) is -2.08. The average molecular weight is 756 g/mol. The van der Waals surface area contributed by atoms with E-state index in [9.17, 15) is 27.9 Å². The van der Waals surface area contributed by atoms with Crippen LogP contribution < -0.4 is 20.3 Å². The van der Waals surface area contributed by atoms with Crippen molar-refractivity contribution >= 4 is 62.5 Å². The number of benzene rings is 3. The molecule has 1 aliphatic rings. The molecule has 2 atom stereocenters. The van der Waals surface area contributed by atoms with Crippen molar-refractivity contribution in [3.8, 4) is 5.75 Å². The van der Waals surface area contributed by atoms with Crippen LogP contribution in [0, 0.1) is 5.41 Å². The number of anilines is 2. The summed E-state index contributed by atoms with van der Waals surface area (Å²) < 4.78 is 34.9. The van der Waals surface area contributed by atoms with Gasteiger partial charge in [-0.25, -0.2) is 13.2 Å². The molecule has 1 heterocycles. The van der Waals surface area contributed by atoms with E-state index in [0.717, 1.165) is 44.2 Å². The standard InChI is InChI=1S/C38H49N3O7S3/c1-5-7-19-38(20-8-6-2)25-41(28-17-13-10-14-18-28)30-21-32(50-4)31(22-33(30)51(46,47)26-38)48-23-34(42)40-35(27-15-11-9-12-16-27)36(43)39-29(24-49-3)37(44)45/h9-18,21-22,29,35H,5-8,19-20,23-26H2,1-4H3,(H,39,43)(H,40,42)(H,44,45)/t29?,35-/m1/s1. The Hall–Kier alpha value is -3.68. The molecule has 1 aliphatic heterocycles. The molecule has 3 aromatic rings. The minimum Gasteiger partial charge on any atom is -0.483 e. The quantitative estimate of drug-likeness (QED) is 0.118. The Morgan fingerprint density at radius 2 is 1.57 bits per heavy atom. The van der Waals surface area contributed by atoms with E-state index in [-0.39, 0.29) is 22.2 Å². The number of carboxylic acid groups (broad SMARTS) is 1. The third kappa shape index (κ3) is 10.4. The molecule has 4 rings (SSSR count). The fourth-order valence-corrected chi connectivity index (χ4v) is 9.69. The minimum atomic E-state index is -3.80. The lowest BCUT2D eigenvalue weighted by Gasteiger charge is -2.37. The molecule has 276 valence electrons. The van der Waals surface area contributed by atoms with E-state index in [1.807, 2.05) is 42.7 Å². The van der Waals surface area contributed by atoms with Crippen LogP contribution in [0.5, 0.6) is 5.75 Å². The van der Waals surface area contributed by atoms with Crippen LogP contribution in [0.2, 0.25) is 0 Å². The highest BCUT2D eigenvalue weighted by molar-refractivity contribution is 7.99. The van der Waals surface area contributed by atoms with Gasteiger partial charge < -0.3 is 25.4 Å². The predicted octanol–water partition coefficient (Wildman–Crippen LogP) is 6.87. The summed E-state index contributed by atoms with van der Waals surface area (Å²) in [4.78, 5) is 41.4. The summed E-state index contributed by atoms with van der Waals surface area (Å²) in [6.07, 6.45) is 8.96. The Bertz CT molecular complexity index is 1730. The Morgan fingerprint density at radius 3 is 2.14 bits per heavy atom. The first-order valence-corrected chi connectivity index (χ1v) is 21.5. The highest BCUT2D eigenvalue weighted by Crippen LogP contribution is 2.47. The average Bonchev–Trinajstić information content (AvgIpc) is 3.22. The normalized spacial score (nSPS) is 15.9. The monoisotopic (exact) mass is 755 g/mol. The molecular weight excluding hydrogens is 707 g/mol. The van der Waals surface area contributed by atoms with Gasteiger partial charge in [0.2, 0.25) is 5.91 Å². The second-order valence-electron chi connectivity index (χ2n) is 12.9. The van der Waals surface area contributed by atoms with E-state index in [1.54, 1.807) is 36.6 Å². The zero-order chi connectivity index (χ0) is 37.0. The van der Waals surface area contributed by atoms with E-state index in [0.29, 0.717) is 22.7 Å². The molecule has 3 aromatic carbocycles. The Kier molecular flexibility index (Phi) is 14.7. The zero-order valence-electron chi connectivity index (χ0n) is 29.7. The van der Waals surface area contributed by atoms with Gasteiger partial charge in [-0.1, -0.05) is 88.1 Å². The van der Waals surface area contributed by atoms with E-state index >= 15 is 0 Å². The van der Waals surface area contributed by atoms with Gasteiger partial charge in [0.05, 0.1) is 21.2 Å². The van der Waals surface area contributed by atoms with Crippen molar-refractivity contribution in [3.05, 3.63) is 78.4 Å². The number of unbranched alkanes of at least 4 members (excludes halogenated alkanes) is 2. The van der Waals surface area contributed by atoms with Crippen molar-refractivity contribution in [1.82, 2.24) is 10.6 Å². The van der Waals surface area contributed by atoms with Crippen molar-refractivity contribution < 1.29 is 32.6 Å². The van der Waals surface area contributed by atoms with E-state index in [4.69, 9.17) is 4.74 Å². The number of carbonyl (C=O) groups is 3. The number of hydrogen-bond donors (Lipinski definition) is 3. The molecule has 10 nitrogen and oxygen atoms in total. The predicted molar refractivity (Wildman–Crippen MR) is 206 cm³/mol. The molecule has 1 unspecified atom stereocenters. The first-order valence-electron chi connectivity index (χ1n) is 17.2. The lowest BCUT2D eigenvalue weighted by atomic mass is 9.79. The number of carbonyl (C=O) groups excluding carboxylic acids is 2. The van der Waals surface area contributed by atoms with E-state index in [2.05, 4.69) is 29.4 Å². The smallest absolute Gasteiger partial charge is 0.327 e. The van der Waals surface area contributed by atoms with Crippen molar-refractivity contribution in [2.45, 2.75) is 74.2 Å². The maximum Gasteiger partial charge on any atom is 0.327 e. The molecular formula is C38H49N3O7S3. The lowest BCUT2D eigenvalue weighted by Crippen LogP contribution is -2.49. The zero-order valence-corrected chi connectivity index (χ0v) is 32.2. The van der Waals surface area contributed by atoms with Crippen LogP contribution >= 0.6 is 23.5 Å². The number of nitrogens with one attached hydrogen (secondary N) is 2. The van der Waals surface area contributed by atoms with E-state index in [1.165, 1.54) is 29.6 Å². The molecule has 13 heteroatoms. The first-order chi connectivity index (χ1) is 24.5. The molecule has 51 heavy (non-hydrogen) atoms. The Balaban J connectivity index is 1.67. The van der Waals surface area contributed by atoms with Crippen LogP contribution in [0.1, 0.15) is 64.0 Å². The number of nitrogens with zero attached hydrogens (tertiary/aromatic N) is 1. The van der Waals surface area contributed by atoms with Gasteiger partial charge in [0, 0.05) is 29.5 Å². The first kappa shape index (κ1) is 40.1. The Morgan fingerprint density at radius 1 is 0.941 bits per heavy atom. The molecule has 0 aliphatic carbocycles. The van der Waals surface area contributed by atoms with Crippen molar-refractivity contribution in [2.75, 3.05) is 42.1 Å². The topological polar surface area (TPSA) is 142 Å². The summed E-state index contributed by atoms with van der Waals surface area (Å²) in [6, 6.07) is 19.4. The van der Waals surface area contributed by atoms with Gasteiger partial charge in [0.15, 0.2) is 16.4 Å². The number of amides is 2. The molecule has 0 saturated heterocycles.